The molecule has 4 heterocycles. The summed E-state index contributed by atoms with van der Waals surface area (Å²) in [6.45, 7) is 10.2. The number of hydrogen-bond donors (Lipinski definition) is 1. The normalized spacial score (nSPS) is 16.2. The summed E-state index contributed by atoms with van der Waals surface area (Å²) in [4.78, 5) is 50.4. The van der Waals surface area contributed by atoms with Crippen LogP contribution in [0.3, 0.4) is 0 Å². The number of aliphatic hydroxyl groups excluding tert-OH is 1. The van der Waals surface area contributed by atoms with E-state index in [0.29, 0.717) is 53.2 Å². The number of carbonyl (C=O) groups is 3. The number of aromatic nitrogens is 3. The second-order valence-corrected chi connectivity index (χ2v) is 11.7. The fourth-order valence-electron chi connectivity index (χ4n) is 5.13. The maximum atomic E-state index is 13.8. The number of methoxy groups -OCH3 is 1. The highest BCUT2D eigenvalue weighted by Crippen LogP contribution is 2.46. The van der Waals surface area contributed by atoms with Gasteiger partial charge in [-0.2, -0.15) is 0 Å². The number of thiazole rings is 1. The van der Waals surface area contributed by atoms with Crippen LogP contribution in [0.4, 0.5) is 5.13 Å². The zero-order chi connectivity index (χ0) is 31.7. The summed E-state index contributed by atoms with van der Waals surface area (Å²) in [6, 6.07) is 9.42. The first kappa shape index (κ1) is 30.7. The predicted octanol–water partition coefficient (Wildman–Crippen LogP) is 5.64. The molecule has 3 aromatic heterocycles. The third-order valence-corrected chi connectivity index (χ3v) is 8.41. The standard InChI is InChI=1S/C32H34N4O7S/c1-7-42-22-16-20(11-12-21(22)43-15-13-17(2)3)26-24(27(37)25-18(4)33-23-10-8-9-14-35(23)25)28(38)30(39)36(26)32-34-19(5)29(44-32)31(40)41-6/h8-12,14,16-17,26,37H,7,13,15H2,1-6H3/b27-24+. The van der Waals surface area contributed by atoms with E-state index >= 15 is 0 Å². The number of ether oxygens (including phenoxy) is 3. The number of esters is 1. The topological polar surface area (TPSA) is 133 Å². The summed E-state index contributed by atoms with van der Waals surface area (Å²) in [5.41, 5.74) is 2.00. The number of aryl methyl sites for hydroxylation is 2. The van der Waals surface area contributed by atoms with Crippen molar-refractivity contribution in [1.29, 1.82) is 0 Å². The molecule has 44 heavy (non-hydrogen) atoms. The molecule has 4 aromatic rings. The number of nitrogens with zero attached hydrogens (tertiary/aromatic N) is 4. The fourth-order valence-corrected chi connectivity index (χ4v) is 6.14. The Morgan fingerprint density at radius 3 is 2.55 bits per heavy atom. The summed E-state index contributed by atoms with van der Waals surface area (Å²) in [6.07, 6.45) is 2.57. The van der Waals surface area contributed by atoms with Gasteiger partial charge in [0.05, 0.1) is 43.3 Å². The number of carbonyl (C=O) groups excluding carboxylic acids is 3. The third-order valence-electron chi connectivity index (χ3n) is 7.27. The highest BCUT2D eigenvalue weighted by molar-refractivity contribution is 7.17. The number of pyridine rings is 1. The van der Waals surface area contributed by atoms with E-state index in [-0.39, 0.29) is 27.0 Å². The lowest BCUT2D eigenvalue weighted by atomic mass is 9.96. The predicted molar refractivity (Wildman–Crippen MR) is 165 cm³/mol. The molecule has 1 atom stereocenters. The molecule has 1 aromatic carbocycles. The largest absolute Gasteiger partial charge is 0.505 e. The molecule has 1 aliphatic heterocycles. The summed E-state index contributed by atoms with van der Waals surface area (Å²) in [5.74, 6) is -1.40. The van der Waals surface area contributed by atoms with Gasteiger partial charge in [0.25, 0.3) is 5.78 Å². The first-order valence-electron chi connectivity index (χ1n) is 14.3. The van der Waals surface area contributed by atoms with Crippen LogP contribution in [0.25, 0.3) is 11.4 Å². The summed E-state index contributed by atoms with van der Waals surface area (Å²) >= 11 is 0.931. The van der Waals surface area contributed by atoms with E-state index in [2.05, 4.69) is 23.8 Å². The minimum atomic E-state index is -1.11. The number of amides is 1. The van der Waals surface area contributed by atoms with Gasteiger partial charge in [-0.25, -0.2) is 14.8 Å². The van der Waals surface area contributed by atoms with Crippen LogP contribution in [-0.4, -0.2) is 57.5 Å². The molecule has 11 nitrogen and oxygen atoms in total. The van der Waals surface area contributed by atoms with E-state index in [9.17, 15) is 19.5 Å². The van der Waals surface area contributed by atoms with Gasteiger partial charge in [-0.05, 0) is 62.9 Å². The molecule has 1 aliphatic rings. The van der Waals surface area contributed by atoms with E-state index in [1.54, 1.807) is 54.8 Å². The summed E-state index contributed by atoms with van der Waals surface area (Å²) in [5, 5.41) is 11.9. The van der Waals surface area contributed by atoms with Crippen molar-refractivity contribution < 1.29 is 33.7 Å². The molecule has 1 N–H and O–H groups in total. The van der Waals surface area contributed by atoms with Gasteiger partial charge in [0.2, 0.25) is 0 Å². The van der Waals surface area contributed by atoms with Gasteiger partial charge in [0.1, 0.15) is 16.2 Å². The number of imidazole rings is 1. The van der Waals surface area contributed by atoms with Gasteiger partial charge < -0.3 is 19.3 Å². The van der Waals surface area contributed by atoms with Crippen LogP contribution in [0.5, 0.6) is 11.5 Å². The minimum Gasteiger partial charge on any atom is -0.505 e. The fraction of sp³-hybridized carbons (Fsp3) is 0.344. The number of ketones is 1. The van der Waals surface area contributed by atoms with Crippen molar-refractivity contribution in [3.05, 3.63) is 75.7 Å². The van der Waals surface area contributed by atoms with Gasteiger partial charge >= 0.3 is 11.9 Å². The molecular weight excluding hydrogens is 584 g/mol. The molecule has 0 aliphatic carbocycles. The monoisotopic (exact) mass is 618 g/mol. The number of Topliss-reactive ketones (excluding diaryl/α,β-unsaturated/α-hetero) is 1. The molecule has 0 spiro atoms. The van der Waals surface area contributed by atoms with E-state index in [1.165, 1.54) is 12.0 Å². The van der Waals surface area contributed by atoms with E-state index in [4.69, 9.17) is 14.2 Å². The zero-order valence-corrected chi connectivity index (χ0v) is 26.2. The smallest absolute Gasteiger partial charge is 0.350 e. The highest BCUT2D eigenvalue weighted by Gasteiger charge is 2.49. The molecule has 0 radical (unpaired) electrons. The Labute approximate surface area is 258 Å². The Balaban J connectivity index is 1.72. The molecule has 1 fully saturated rings. The Morgan fingerprint density at radius 2 is 1.84 bits per heavy atom. The lowest BCUT2D eigenvalue weighted by molar-refractivity contribution is -0.132. The van der Waals surface area contributed by atoms with Crippen molar-refractivity contribution in [3.63, 3.8) is 0 Å². The summed E-state index contributed by atoms with van der Waals surface area (Å²) < 4.78 is 18.5. The third kappa shape index (κ3) is 5.52. The SMILES string of the molecule is CCOc1cc(C2/C(=C(\O)c3c(C)nc4ccccn34)C(=O)C(=O)N2c2nc(C)c(C(=O)OC)s2)ccc1OCCC(C)C. The van der Waals surface area contributed by atoms with E-state index in [1.807, 2.05) is 13.0 Å². The van der Waals surface area contributed by atoms with Crippen molar-refractivity contribution in [2.24, 2.45) is 5.92 Å². The molecule has 12 heteroatoms. The van der Waals surface area contributed by atoms with Gasteiger partial charge in [0, 0.05) is 6.20 Å². The Hall–Kier alpha value is -4.71. The summed E-state index contributed by atoms with van der Waals surface area (Å²) in [7, 11) is 1.26. The first-order valence-corrected chi connectivity index (χ1v) is 15.1. The van der Waals surface area contributed by atoms with Gasteiger partial charge in [0.15, 0.2) is 22.4 Å². The van der Waals surface area contributed by atoms with E-state index in [0.717, 1.165) is 17.8 Å². The highest BCUT2D eigenvalue weighted by atomic mass is 32.1. The Kier molecular flexibility index (Phi) is 8.73. The second kappa shape index (κ2) is 12.5. The minimum absolute atomic E-state index is 0.110. The number of benzene rings is 1. The second-order valence-electron chi connectivity index (χ2n) is 10.7. The number of aliphatic hydroxyl groups is 1. The average Bonchev–Trinajstić information content (AvgIpc) is 3.63. The molecule has 230 valence electrons. The maximum absolute atomic E-state index is 13.8. The molecule has 1 amide bonds. The molecule has 0 saturated carbocycles. The van der Waals surface area contributed by atoms with Crippen LogP contribution in [-0.2, 0) is 14.3 Å². The lowest BCUT2D eigenvalue weighted by Crippen LogP contribution is -2.29. The quantitative estimate of drug-likeness (QED) is 0.104. The van der Waals surface area contributed by atoms with Crippen molar-refractivity contribution in [2.75, 3.05) is 25.2 Å². The van der Waals surface area contributed by atoms with Crippen LogP contribution >= 0.6 is 11.3 Å². The molecule has 5 rings (SSSR count). The van der Waals surface area contributed by atoms with Crippen molar-refractivity contribution in [3.8, 4) is 11.5 Å². The molecular formula is C32H34N4O7S. The average molecular weight is 619 g/mol. The van der Waals surface area contributed by atoms with E-state index < -0.39 is 23.7 Å². The zero-order valence-electron chi connectivity index (χ0n) is 25.4. The Bertz CT molecular complexity index is 1790. The number of rotatable bonds is 10. The molecule has 1 saturated heterocycles. The lowest BCUT2D eigenvalue weighted by Gasteiger charge is -2.24. The van der Waals surface area contributed by atoms with Crippen LogP contribution < -0.4 is 14.4 Å². The van der Waals surface area contributed by atoms with Crippen LogP contribution in [0, 0.1) is 19.8 Å². The first-order chi connectivity index (χ1) is 21.1. The maximum Gasteiger partial charge on any atom is 0.350 e. The van der Waals surface area contributed by atoms with Gasteiger partial charge in [-0.1, -0.05) is 37.3 Å². The molecule has 1 unspecified atom stereocenters. The number of anilines is 1. The van der Waals surface area contributed by atoms with Crippen molar-refractivity contribution in [2.45, 2.75) is 47.1 Å². The van der Waals surface area contributed by atoms with Gasteiger partial charge in [-0.3, -0.25) is 18.9 Å². The van der Waals surface area contributed by atoms with Crippen LogP contribution in [0.2, 0.25) is 0 Å². The van der Waals surface area contributed by atoms with Crippen LogP contribution in [0.15, 0.2) is 48.2 Å². The van der Waals surface area contributed by atoms with Crippen LogP contribution in [0.1, 0.15) is 65.6 Å². The molecule has 0 bridgehead atoms. The van der Waals surface area contributed by atoms with Crippen molar-refractivity contribution >= 4 is 45.5 Å². The number of fused-ring (bicyclic) bond motifs is 1. The number of hydrogen-bond acceptors (Lipinski definition) is 10. The van der Waals surface area contributed by atoms with Crippen molar-refractivity contribution in [1.82, 2.24) is 14.4 Å². The van der Waals surface area contributed by atoms with Gasteiger partial charge in [-0.15, -0.1) is 0 Å². The Morgan fingerprint density at radius 1 is 1.07 bits per heavy atom.